The van der Waals surface area contributed by atoms with Crippen LogP contribution >= 0.6 is 0 Å². The lowest BCUT2D eigenvalue weighted by Crippen LogP contribution is -2.06. The zero-order valence-electron chi connectivity index (χ0n) is 8.05. The molecule has 1 atom stereocenters. The van der Waals surface area contributed by atoms with Crippen LogP contribution in [0.3, 0.4) is 0 Å². The zero-order chi connectivity index (χ0) is 9.23. The molecule has 0 radical (unpaired) electrons. The van der Waals surface area contributed by atoms with E-state index in [1.54, 1.807) is 0 Å². The van der Waals surface area contributed by atoms with Gasteiger partial charge in [-0.05, 0) is 6.42 Å². The third kappa shape index (κ3) is 10.1. The van der Waals surface area contributed by atoms with Gasteiger partial charge in [0.05, 0.1) is 11.0 Å². The lowest BCUT2D eigenvalue weighted by atomic mass is 10.1. The van der Waals surface area contributed by atoms with Crippen LogP contribution < -0.4 is 5.14 Å². The van der Waals surface area contributed by atoms with Gasteiger partial charge in [0, 0.05) is 5.75 Å². The quantitative estimate of drug-likeness (QED) is 0.588. The van der Waals surface area contributed by atoms with E-state index in [2.05, 4.69) is 6.92 Å². The molecule has 0 aromatic carbocycles. The Kier molecular flexibility index (Phi) is 9.28. The van der Waals surface area contributed by atoms with Gasteiger partial charge in [-0.1, -0.05) is 45.4 Å². The van der Waals surface area contributed by atoms with Crippen LogP contribution in [0, 0.1) is 0 Å². The second-order valence-electron chi connectivity index (χ2n) is 3.21. The van der Waals surface area contributed by atoms with E-state index in [0.717, 1.165) is 6.42 Å². The van der Waals surface area contributed by atoms with Crippen LogP contribution in [-0.4, -0.2) is 9.96 Å². The minimum absolute atomic E-state index is 0.674. The molecule has 0 spiro atoms. The van der Waals surface area contributed by atoms with Gasteiger partial charge in [-0.25, -0.2) is 4.21 Å². The van der Waals surface area contributed by atoms with Gasteiger partial charge in [-0.2, -0.15) is 0 Å². The minimum atomic E-state index is -1.07. The lowest BCUT2D eigenvalue weighted by Gasteiger charge is -1.99. The fourth-order valence-corrected chi connectivity index (χ4v) is 1.69. The van der Waals surface area contributed by atoms with E-state index in [4.69, 9.17) is 5.14 Å². The van der Waals surface area contributed by atoms with Crippen molar-refractivity contribution < 1.29 is 4.21 Å². The minimum Gasteiger partial charge on any atom is -0.252 e. The molecule has 1 unspecified atom stereocenters. The predicted molar refractivity (Wildman–Crippen MR) is 55.2 cm³/mol. The van der Waals surface area contributed by atoms with Crippen molar-refractivity contribution in [2.45, 2.75) is 51.9 Å². The second kappa shape index (κ2) is 9.20. The van der Waals surface area contributed by atoms with Crippen molar-refractivity contribution in [1.29, 1.82) is 0 Å². The van der Waals surface area contributed by atoms with Crippen LogP contribution in [-0.2, 0) is 11.0 Å². The molecule has 74 valence electrons. The highest BCUT2D eigenvalue weighted by Crippen LogP contribution is 2.06. The molecule has 0 heterocycles. The van der Waals surface area contributed by atoms with Crippen molar-refractivity contribution in [2.24, 2.45) is 5.14 Å². The fourth-order valence-electron chi connectivity index (χ4n) is 1.20. The summed E-state index contributed by atoms with van der Waals surface area (Å²) in [7, 11) is -1.07. The fraction of sp³-hybridized carbons (Fsp3) is 1.00. The topological polar surface area (TPSA) is 43.1 Å². The molecule has 0 aromatic heterocycles. The highest BCUT2D eigenvalue weighted by Gasteiger charge is 1.92. The molecule has 0 saturated heterocycles. The van der Waals surface area contributed by atoms with E-state index in [1.165, 1.54) is 38.5 Å². The average molecular weight is 191 g/mol. The van der Waals surface area contributed by atoms with Crippen molar-refractivity contribution in [1.82, 2.24) is 0 Å². The Labute approximate surface area is 78.5 Å². The van der Waals surface area contributed by atoms with Gasteiger partial charge in [0.15, 0.2) is 0 Å². The molecule has 0 amide bonds. The molecule has 0 rings (SSSR count). The molecule has 12 heavy (non-hydrogen) atoms. The molecule has 0 bridgehead atoms. The van der Waals surface area contributed by atoms with Gasteiger partial charge < -0.3 is 0 Å². The maximum atomic E-state index is 10.5. The first-order chi connectivity index (χ1) is 5.77. The third-order valence-electron chi connectivity index (χ3n) is 1.95. The number of hydrogen-bond acceptors (Lipinski definition) is 1. The Hall–Kier alpha value is 0.110. The number of nitrogens with two attached hydrogens (primary N) is 1. The third-order valence-corrected chi connectivity index (χ3v) is 2.64. The molecular weight excluding hydrogens is 170 g/mol. The largest absolute Gasteiger partial charge is 0.252 e. The maximum absolute atomic E-state index is 10.5. The van der Waals surface area contributed by atoms with Gasteiger partial charge in [0.2, 0.25) is 0 Å². The van der Waals surface area contributed by atoms with E-state index < -0.39 is 11.0 Å². The predicted octanol–water partition coefficient (Wildman–Crippen LogP) is 2.36. The Morgan fingerprint density at radius 1 is 1.00 bits per heavy atom. The first-order valence-corrected chi connectivity index (χ1v) is 6.28. The van der Waals surface area contributed by atoms with Crippen LogP contribution in [0.4, 0.5) is 0 Å². The lowest BCUT2D eigenvalue weighted by molar-refractivity contribution is 0.601. The normalized spacial score (nSPS) is 13.2. The summed E-state index contributed by atoms with van der Waals surface area (Å²) < 4.78 is 10.5. The van der Waals surface area contributed by atoms with Gasteiger partial charge in [0.1, 0.15) is 0 Å². The molecule has 0 aliphatic carbocycles. The van der Waals surface area contributed by atoms with Crippen LogP contribution in [0.2, 0.25) is 0 Å². The molecule has 3 heteroatoms. The molecule has 0 aliphatic rings. The van der Waals surface area contributed by atoms with Crippen molar-refractivity contribution in [3.05, 3.63) is 0 Å². The van der Waals surface area contributed by atoms with Gasteiger partial charge in [-0.15, -0.1) is 0 Å². The van der Waals surface area contributed by atoms with Crippen molar-refractivity contribution in [2.75, 3.05) is 5.75 Å². The van der Waals surface area contributed by atoms with Crippen molar-refractivity contribution in [3.8, 4) is 0 Å². The smallest absolute Gasteiger partial charge is 0.0887 e. The number of hydrogen-bond donors (Lipinski definition) is 1. The van der Waals surface area contributed by atoms with Gasteiger partial charge >= 0.3 is 0 Å². The molecule has 0 saturated carbocycles. The molecule has 2 N–H and O–H groups in total. The second-order valence-corrected chi connectivity index (χ2v) is 4.38. The summed E-state index contributed by atoms with van der Waals surface area (Å²) in [6.45, 7) is 2.22. The molecule has 0 fully saturated rings. The molecule has 0 aliphatic heterocycles. The van der Waals surface area contributed by atoms with Gasteiger partial charge in [0.25, 0.3) is 0 Å². The summed E-state index contributed by atoms with van der Waals surface area (Å²) in [6.07, 6.45) is 8.81. The summed E-state index contributed by atoms with van der Waals surface area (Å²) >= 11 is 0. The molecular formula is C9H21NOS. The van der Waals surface area contributed by atoms with Crippen LogP contribution in [0.1, 0.15) is 51.9 Å². The van der Waals surface area contributed by atoms with E-state index in [-0.39, 0.29) is 0 Å². The Balaban J connectivity index is 2.86. The summed E-state index contributed by atoms with van der Waals surface area (Å²) in [5, 5.41) is 5.13. The first-order valence-electron chi connectivity index (χ1n) is 4.90. The van der Waals surface area contributed by atoms with Crippen LogP contribution in [0.5, 0.6) is 0 Å². The van der Waals surface area contributed by atoms with E-state index in [0.29, 0.717) is 5.75 Å². The number of rotatable bonds is 8. The zero-order valence-corrected chi connectivity index (χ0v) is 8.87. The summed E-state index contributed by atoms with van der Waals surface area (Å²) in [5.41, 5.74) is 0. The SMILES string of the molecule is CCCCCCCCCS(N)=O. The van der Waals surface area contributed by atoms with Crippen molar-refractivity contribution in [3.63, 3.8) is 0 Å². The van der Waals surface area contributed by atoms with E-state index in [1.807, 2.05) is 0 Å². The van der Waals surface area contributed by atoms with E-state index in [9.17, 15) is 4.21 Å². The highest BCUT2D eigenvalue weighted by molar-refractivity contribution is 7.82. The summed E-state index contributed by atoms with van der Waals surface area (Å²) in [4.78, 5) is 0. The Morgan fingerprint density at radius 2 is 1.50 bits per heavy atom. The van der Waals surface area contributed by atoms with Crippen LogP contribution in [0.15, 0.2) is 0 Å². The number of unbranched alkanes of at least 4 members (excludes halogenated alkanes) is 6. The maximum Gasteiger partial charge on any atom is 0.0887 e. The Bertz CT molecular complexity index is 117. The summed E-state index contributed by atoms with van der Waals surface area (Å²) in [5.74, 6) is 0.674. The van der Waals surface area contributed by atoms with Crippen LogP contribution in [0.25, 0.3) is 0 Å². The van der Waals surface area contributed by atoms with E-state index >= 15 is 0 Å². The van der Waals surface area contributed by atoms with Crippen molar-refractivity contribution >= 4 is 11.0 Å². The standard InChI is InChI=1S/C9H21NOS/c1-2-3-4-5-6-7-8-9-12(10)11/h2-10H2,1H3. The molecule has 0 aromatic rings. The molecule has 2 nitrogen and oxygen atoms in total. The van der Waals surface area contributed by atoms with Gasteiger partial charge in [-0.3, -0.25) is 5.14 Å². The highest BCUT2D eigenvalue weighted by atomic mass is 32.2. The first kappa shape index (κ1) is 12.1. The summed E-state index contributed by atoms with van der Waals surface area (Å²) in [6, 6.07) is 0. The monoisotopic (exact) mass is 191 g/mol. The Morgan fingerprint density at radius 3 is 2.00 bits per heavy atom. The average Bonchev–Trinajstić information content (AvgIpc) is 2.02.